The predicted molar refractivity (Wildman–Crippen MR) is 93.8 cm³/mol. The third-order valence-electron chi connectivity index (χ3n) is 4.48. The summed E-state index contributed by atoms with van der Waals surface area (Å²) in [5, 5.41) is 0.735. The summed E-state index contributed by atoms with van der Waals surface area (Å²) in [6, 6.07) is 6.88. The van der Waals surface area contributed by atoms with Crippen LogP contribution in [0.4, 0.5) is 0 Å². The lowest BCUT2D eigenvalue weighted by Gasteiger charge is -2.22. The van der Waals surface area contributed by atoms with Gasteiger partial charge >= 0.3 is 11.6 Å². The molecule has 1 aliphatic rings. The van der Waals surface area contributed by atoms with Crippen LogP contribution in [-0.4, -0.2) is 50.2 Å². The number of esters is 1. The van der Waals surface area contributed by atoms with Crippen LogP contribution in [0.3, 0.4) is 0 Å². The molecule has 0 bridgehead atoms. The molecule has 2 aromatic rings. The van der Waals surface area contributed by atoms with Gasteiger partial charge in [0.2, 0.25) is 5.91 Å². The Labute approximate surface area is 150 Å². The minimum atomic E-state index is -0.508. The summed E-state index contributed by atoms with van der Waals surface area (Å²) in [4.78, 5) is 38.0. The average Bonchev–Trinajstić information content (AvgIpc) is 2.86. The van der Waals surface area contributed by atoms with Crippen molar-refractivity contribution < 1.29 is 23.5 Å². The normalized spacial score (nSPS) is 17.8. The number of ether oxygens (including phenoxy) is 2. The number of hydrogen-bond acceptors (Lipinski definition) is 6. The van der Waals surface area contributed by atoms with E-state index in [4.69, 9.17) is 13.9 Å². The molecule has 1 fully saturated rings. The molecule has 1 saturated heterocycles. The third kappa shape index (κ3) is 3.94. The molecule has 0 N–H and O–H groups in total. The Balaban J connectivity index is 1.84. The zero-order valence-electron chi connectivity index (χ0n) is 14.8. The van der Waals surface area contributed by atoms with Crippen LogP contribution in [0.1, 0.15) is 11.1 Å². The number of aryl methyl sites for hydroxylation is 1. The van der Waals surface area contributed by atoms with Crippen LogP contribution in [0.2, 0.25) is 0 Å². The van der Waals surface area contributed by atoms with Gasteiger partial charge in [0.1, 0.15) is 5.58 Å². The van der Waals surface area contributed by atoms with E-state index in [1.807, 2.05) is 19.1 Å². The third-order valence-corrected chi connectivity index (χ3v) is 4.48. The van der Waals surface area contributed by atoms with Crippen LogP contribution < -0.4 is 5.63 Å². The first kappa shape index (κ1) is 18.1. The quantitative estimate of drug-likeness (QED) is 0.606. The number of rotatable bonds is 3. The highest BCUT2D eigenvalue weighted by Crippen LogP contribution is 2.20. The Kier molecular flexibility index (Phi) is 5.37. The summed E-state index contributed by atoms with van der Waals surface area (Å²) < 4.78 is 15.4. The molecular formula is C19H21NO6. The van der Waals surface area contributed by atoms with E-state index in [1.54, 1.807) is 11.0 Å². The number of fused-ring (bicyclic) bond motifs is 1. The summed E-state index contributed by atoms with van der Waals surface area (Å²) in [5.74, 6) is -1.07. The van der Waals surface area contributed by atoms with Crippen molar-refractivity contribution in [3.05, 3.63) is 45.8 Å². The summed E-state index contributed by atoms with van der Waals surface area (Å²) in [5.41, 5.74) is 1.56. The molecule has 3 rings (SSSR count). The van der Waals surface area contributed by atoms with Crippen LogP contribution in [0.25, 0.3) is 11.0 Å². The minimum Gasteiger partial charge on any atom is -0.469 e. The lowest BCUT2D eigenvalue weighted by Crippen LogP contribution is -2.39. The zero-order chi connectivity index (χ0) is 18.7. The first-order valence-corrected chi connectivity index (χ1v) is 8.44. The highest BCUT2D eigenvalue weighted by atomic mass is 16.5. The van der Waals surface area contributed by atoms with Gasteiger partial charge in [-0.05, 0) is 24.1 Å². The molecule has 7 heteroatoms. The zero-order valence-corrected chi connectivity index (χ0v) is 14.8. The van der Waals surface area contributed by atoms with Crippen molar-refractivity contribution in [3.8, 4) is 0 Å². The number of amides is 1. The van der Waals surface area contributed by atoms with E-state index in [-0.39, 0.29) is 25.5 Å². The number of hydrogen-bond donors (Lipinski definition) is 0. The Morgan fingerprint density at radius 2 is 2.12 bits per heavy atom. The standard InChI is InChI=1S/C19H21NO6/c1-12-3-4-15-13(9-18(22)26-16(15)7-12)8-17(21)20-5-6-25-11-14(10-20)19(23)24-2/h3-4,7,9,14H,5-6,8,10-11H2,1-2H3. The number of nitrogens with zero attached hydrogens (tertiary/aromatic N) is 1. The van der Waals surface area contributed by atoms with Gasteiger partial charge in [-0.25, -0.2) is 4.79 Å². The first-order valence-electron chi connectivity index (χ1n) is 8.44. The van der Waals surface area contributed by atoms with Gasteiger partial charge in [0.05, 0.1) is 32.7 Å². The van der Waals surface area contributed by atoms with Crippen molar-refractivity contribution in [1.82, 2.24) is 4.90 Å². The van der Waals surface area contributed by atoms with E-state index in [0.29, 0.717) is 24.3 Å². The average molecular weight is 359 g/mol. The molecule has 26 heavy (non-hydrogen) atoms. The topological polar surface area (TPSA) is 86.0 Å². The van der Waals surface area contributed by atoms with Crippen LogP contribution in [0.5, 0.6) is 0 Å². The highest BCUT2D eigenvalue weighted by molar-refractivity contribution is 5.87. The molecule has 1 aliphatic heterocycles. The molecule has 0 radical (unpaired) electrons. The molecule has 0 saturated carbocycles. The molecule has 138 valence electrons. The smallest absolute Gasteiger partial charge is 0.336 e. The molecule has 1 aromatic carbocycles. The van der Waals surface area contributed by atoms with Crippen molar-refractivity contribution in [2.24, 2.45) is 5.92 Å². The maximum absolute atomic E-state index is 12.8. The maximum atomic E-state index is 12.8. The monoisotopic (exact) mass is 359 g/mol. The first-order chi connectivity index (χ1) is 12.5. The van der Waals surface area contributed by atoms with E-state index in [2.05, 4.69) is 0 Å². The highest BCUT2D eigenvalue weighted by Gasteiger charge is 2.28. The van der Waals surface area contributed by atoms with Gasteiger partial charge in [-0.15, -0.1) is 0 Å². The van der Waals surface area contributed by atoms with Gasteiger partial charge in [-0.1, -0.05) is 12.1 Å². The predicted octanol–water partition coefficient (Wildman–Crippen LogP) is 1.29. The van der Waals surface area contributed by atoms with E-state index in [9.17, 15) is 14.4 Å². The van der Waals surface area contributed by atoms with Gasteiger partial charge in [-0.2, -0.15) is 0 Å². The SMILES string of the molecule is COC(=O)C1COCCN(C(=O)Cc2cc(=O)oc3cc(C)ccc23)C1. The van der Waals surface area contributed by atoms with E-state index in [0.717, 1.165) is 10.9 Å². The van der Waals surface area contributed by atoms with Gasteiger partial charge < -0.3 is 18.8 Å². The summed E-state index contributed by atoms with van der Waals surface area (Å²) in [6.45, 7) is 3.12. The van der Waals surface area contributed by atoms with Crippen LogP contribution >= 0.6 is 0 Å². The lowest BCUT2D eigenvalue weighted by atomic mass is 10.0. The fourth-order valence-corrected chi connectivity index (χ4v) is 3.10. The van der Waals surface area contributed by atoms with Crippen molar-refractivity contribution in [2.75, 3.05) is 33.4 Å². The van der Waals surface area contributed by atoms with Gasteiger partial charge in [0, 0.05) is 24.5 Å². The van der Waals surface area contributed by atoms with Crippen LogP contribution in [-0.2, 0) is 25.5 Å². The fraction of sp³-hybridized carbons (Fsp3) is 0.421. The van der Waals surface area contributed by atoms with Crippen molar-refractivity contribution in [2.45, 2.75) is 13.3 Å². The second-order valence-corrected chi connectivity index (χ2v) is 6.40. The van der Waals surface area contributed by atoms with Crippen molar-refractivity contribution in [1.29, 1.82) is 0 Å². The second-order valence-electron chi connectivity index (χ2n) is 6.40. The number of methoxy groups -OCH3 is 1. The Morgan fingerprint density at radius 3 is 2.88 bits per heavy atom. The van der Waals surface area contributed by atoms with E-state index < -0.39 is 17.5 Å². The van der Waals surface area contributed by atoms with Crippen molar-refractivity contribution >= 4 is 22.8 Å². The summed E-state index contributed by atoms with van der Waals surface area (Å²) >= 11 is 0. The van der Waals surface area contributed by atoms with E-state index in [1.165, 1.54) is 13.2 Å². The number of carbonyl (C=O) groups excluding carboxylic acids is 2. The van der Waals surface area contributed by atoms with Gasteiger partial charge in [0.15, 0.2) is 0 Å². The number of benzene rings is 1. The number of carbonyl (C=O) groups is 2. The Morgan fingerprint density at radius 1 is 1.31 bits per heavy atom. The van der Waals surface area contributed by atoms with E-state index >= 15 is 0 Å². The lowest BCUT2D eigenvalue weighted by molar-refractivity contribution is -0.147. The molecular weight excluding hydrogens is 338 g/mol. The molecule has 1 atom stereocenters. The largest absolute Gasteiger partial charge is 0.469 e. The van der Waals surface area contributed by atoms with Gasteiger partial charge in [-0.3, -0.25) is 9.59 Å². The second kappa shape index (κ2) is 7.70. The summed E-state index contributed by atoms with van der Waals surface area (Å²) in [7, 11) is 1.32. The molecule has 7 nitrogen and oxygen atoms in total. The molecule has 0 aliphatic carbocycles. The summed E-state index contributed by atoms with van der Waals surface area (Å²) in [6.07, 6.45) is 0.0546. The minimum absolute atomic E-state index is 0.0546. The van der Waals surface area contributed by atoms with Crippen LogP contribution in [0, 0.1) is 12.8 Å². The maximum Gasteiger partial charge on any atom is 0.336 e. The van der Waals surface area contributed by atoms with Gasteiger partial charge in [0.25, 0.3) is 0 Å². The molecule has 0 spiro atoms. The Hall–Kier alpha value is -2.67. The van der Waals surface area contributed by atoms with Crippen molar-refractivity contribution in [3.63, 3.8) is 0 Å². The molecule has 1 amide bonds. The van der Waals surface area contributed by atoms with Crippen LogP contribution in [0.15, 0.2) is 33.5 Å². The Bertz CT molecular complexity index is 887. The molecule has 1 unspecified atom stereocenters. The fourth-order valence-electron chi connectivity index (χ4n) is 3.10. The molecule has 1 aromatic heterocycles. The molecule has 2 heterocycles.